The molecule has 0 bridgehead atoms. The minimum atomic E-state index is 0.281. The smallest absolute Gasteiger partial charge is 0.125 e. The van der Waals surface area contributed by atoms with Gasteiger partial charge in [-0.15, -0.1) is 0 Å². The first kappa shape index (κ1) is 15.7. The first-order valence-electron chi connectivity index (χ1n) is 8.24. The molecule has 2 rings (SSSR count). The average molecular weight is 289 g/mol. The molecule has 0 radical (unpaired) electrons. The van der Waals surface area contributed by atoms with Gasteiger partial charge < -0.3 is 10.3 Å². The maximum atomic E-state index is 10.5. The standard InChI is InChI=1S/C18H27NO2/c1-3-5-7-10-14-15(11-8-6-4-2)19(21)16-12-9-13-17(20)18(14)16/h9,12-13,20-21H,3-8,10-11H2,1-2H3. The molecule has 1 aromatic heterocycles. The van der Waals surface area contributed by atoms with Crippen LogP contribution in [0.25, 0.3) is 10.9 Å². The van der Waals surface area contributed by atoms with Crippen molar-refractivity contribution in [3.8, 4) is 5.75 Å². The molecule has 1 aromatic carbocycles. The van der Waals surface area contributed by atoms with Crippen LogP contribution in [0.1, 0.15) is 63.6 Å². The van der Waals surface area contributed by atoms with Crippen LogP contribution in [0, 0.1) is 0 Å². The molecule has 0 saturated carbocycles. The lowest BCUT2D eigenvalue weighted by Crippen LogP contribution is -2.01. The van der Waals surface area contributed by atoms with Gasteiger partial charge in [0.15, 0.2) is 0 Å². The lowest BCUT2D eigenvalue weighted by Gasteiger charge is -2.07. The van der Waals surface area contributed by atoms with Gasteiger partial charge in [-0.2, -0.15) is 4.73 Å². The molecular formula is C18H27NO2. The van der Waals surface area contributed by atoms with Gasteiger partial charge in [-0.1, -0.05) is 45.6 Å². The van der Waals surface area contributed by atoms with Gasteiger partial charge in [0, 0.05) is 5.39 Å². The molecule has 1 heterocycles. The number of benzene rings is 1. The van der Waals surface area contributed by atoms with E-state index in [1.165, 1.54) is 30.4 Å². The van der Waals surface area contributed by atoms with E-state index >= 15 is 0 Å². The quantitative estimate of drug-likeness (QED) is 0.527. The molecule has 0 fully saturated rings. The molecular weight excluding hydrogens is 262 g/mol. The zero-order valence-corrected chi connectivity index (χ0v) is 13.2. The third-order valence-electron chi connectivity index (χ3n) is 4.20. The fourth-order valence-corrected chi connectivity index (χ4v) is 3.05. The Kier molecular flexibility index (Phi) is 5.54. The molecule has 21 heavy (non-hydrogen) atoms. The van der Waals surface area contributed by atoms with Crippen LogP contribution in [-0.2, 0) is 12.8 Å². The van der Waals surface area contributed by atoms with E-state index in [1.807, 2.05) is 6.07 Å². The van der Waals surface area contributed by atoms with Crippen molar-refractivity contribution in [3.05, 3.63) is 29.5 Å². The number of nitrogens with zero attached hydrogens (tertiary/aromatic N) is 1. The van der Waals surface area contributed by atoms with Crippen LogP contribution in [0.5, 0.6) is 5.75 Å². The molecule has 0 aliphatic carbocycles. The summed E-state index contributed by atoms with van der Waals surface area (Å²) in [6.45, 7) is 4.37. The Morgan fingerprint density at radius 3 is 2.29 bits per heavy atom. The number of rotatable bonds is 8. The van der Waals surface area contributed by atoms with Gasteiger partial charge in [0.2, 0.25) is 0 Å². The van der Waals surface area contributed by atoms with E-state index in [0.29, 0.717) is 0 Å². The first-order chi connectivity index (χ1) is 10.2. The molecule has 0 aliphatic heterocycles. The maximum Gasteiger partial charge on any atom is 0.125 e. The molecule has 0 unspecified atom stereocenters. The van der Waals surface area contributed by atoms with Gasteiger partial charge in [-0.3, -0.25) is 0 Å². The van der Waals surface area contributed by atoms with E-state index in [0.717, 1.165) is 47.8 Å². The minimum Gasteiger partial charge on any atom is -0.507 e. The van der Waals surface area contributed by atoms with E-state index < -0.39 is 0 Å². The van der Waals surface area contributed by atoms with E-state index in [1.54, 1.807) is 12.1 Å². The molecule has 3 heteroatoms. The Morgan fingerprint density at radius 1 is 0.952 bits per heavy atom. The second-order valence-corrected chi connectivity index (χ2v) is 5.82. The van der Waals surface area contributed by atoms with Crippen LogP contribution in [0.15, 0.2) is 18.2 Å². The normalized spacial score (nSPS) is 11.3. The lowest BCUT2D eigenvalue weighted by atomic mass is 10.0. The molecule has 2 N–H and O–H groups in total. The van der Waals surface area contributed by atoms with Gasteiger partial charge in [-0.25, -0.2) is 0 Å². The Morgan fingerprint density at radius 2 is 1.62 bits per heavy atom. The highest BCUT2D eigenvalue weighted by atomic mass is 16.5. The third kappa shape index (κ3) is 3.34. The van der Waals surface area contributed by atoms with Crippen LogP contribution >= 0.6 is 0 Å². The van der Waals surface area contributed by atoms with Crippen molar-refractivity contribution in [1.29, 1.82) is 0 Å². The topological polar surface area (TPSA) is 45.4 Å². The summed E-state index contributed by atoms with van der Waals surface area (Å²) in [6.07, 6.45) is 8.68. The number of phenols is 1. The van der Waals surface area contributed by atoms with Crippen molar-refractivity contribution >= 4 is 10.9 Å². The summed E-state index contributed by atoms with van der Waals surface area (Å²) in [6, 6.07) is 5.37. The van der Waals surface area contributed by atoms with E-state index in [4.69, 9.17) is 0 Å². The summed E-state index contributed by atoms with van der Waals surface area (Å²) < 4.78 is 1.30. The van der Waals surface area contributed by atoms with Gasteiger partial charge >= 0.3 is 0 Å². The number of fused-ring (bicyclic) bond motifs is 1. The number of phenolic OH excluding ortho intramolecular Hbond substituents is 1. The van der Waals surface area contributed by atoms with E-state index in [2.05, 4.69) is 13.8 Å². The Bertz CT molecular complexity index is 586. The third-order valence-corrected chi connectivity index (χ3v) is 4.20. The van der Waals surface area contributed by atoms with Crippen LogP contribution in [0.2, 0.25) is 0 Å². The first-order valence-corrected chi connectivity index (χ1v) is 8.24. The summed E-state index contributed by atoms with van der Waals surface area (Å²) in [7, 11) is 0. The molecule has 116 valence electrons. The maximum absolute atomic E-state index is 10.5. The Labute approximate surface area is 127 Å². The SMILES string of the molecule is CCCCCc1c(CCCCC)n(O)c2cccc(O)c12. The molecule has 0 aliphatic rings. The highest BCUT2D eigenvalue weighted by molar-refractivity contribution is 5.90. The molecule has 2 aromatic rings. The molecule has 0 atom stereocenters. The number of unbranched alkanes of at least 4 members (excludes halogenated alkanes) is 4. The highest BCUT2D eigenvalue weighted by Gasteiger charge is 2.18. The number of aromatic nitrogens is 1. The summed E-state index contributed by atoms with van der Waals surface area (Å²) in [5.41, 5.74) is 2.85. The van der Waals surface area contributed by atoms with Gasteiger partial charge in [0.05, 0.1) is 11.2 Å². The van der Waals surface area contributed by atoms with E-state index in [-0.39, 0.29) is 5.75 Å². The van der Waals surface area contributed by atoms with Gasteiger partial charge in [0.1, 0.15) is 5.75 Å². The van der Waals surface area contributed by atoms with Crippen molar-refractivity contribution in [2.75, 3.05) is 0 Å². The van der Waals surface area contributed by atoms with Crippen LogP contribution in [0.3, 0.4) is 0 Å². The zero-order chi connectivity index (χ0) is 15.2. The molecule has 0 spiro atoms. The molecule has 0 amide bonds. The van der Waals surface area contributed by atoms with Crippen LogP contribution in [-0.4, -0.2) is 15.0 Å². The minimum absolute atomic E-state index is 0.281. The number of aromatic hydroxyl groups is 1. The van der Waals surface area contributed by atoms with Crippen molar-refractivity contribution in [2.45, 2.75) is 65.2 Å². The summed E-state index contributed by atoms with van der Waals surface area (Å²) >= 11 is 0. The van der Waals surface area contributed by atoms with Crippen molar-refractivity contribution < 1.29 is 10.3 Å². The fourth-order valence-electron chi connectivity index (χ4n) is 3.05. The largest absolute Gasteiger partial charge is 0.507 e. The Hall–Kier alpha value is -1.64. The van der Waals surface area contributed by atoms with Crippen molar-refractivity contribution in [3.63, 3.8) is 0 Å². The predicted octanol–water partition coefficient (Wildman–Crippen LogP) is 5.05. The summed E-state index contributed by atoms with van der Waals surface area (Å²) in [5.74, 6) is 0.281. The highest BCUT2D eigenvalue weighted by Crippen LogP contribution is 2.34. The average Bonchev–Trinajstić information content (AvgIpc) is 2.75. The number of aryl methyl sites for hydroxylation is 1. The van der Waals surface area contributed by atoms with Crippen LogP contribution < -0.4 is 0 Å². The van der Waals surface area contributed by atoms with Crippen molar-refractivity contribution in [2.24, 2.45) is 0 Å². The summed E-state index contributed by atoms with van der Waals surface area (Å²) in [5, 5.41) is 21.5. The van der Waals surface area contributed by atoms with E-state index in [9.17, 15) is 10.3 Å². The number of hydrogen-bond donors (Lipinski definition) is 2. The fraction of sp³-hybridized carbons (Fsp3) is 0.556. The summed E-state index contributed by atoms with van der Waals surface area (Å²) in [4.78, 5) is 0. The molecule has 3 nitrogen and oxygen atoms in total. The van der Waals surface area contributed by atoms with Crippen molar-refractivity contribution in [1.82, 2.24) is 4.73 Å². The zero-order valence-electron chi connectivity index (χ0n) is 13.2. The van der Waals surface area contributed by atoms with Crippen LogP contribution in [0.4, 0.5) is 0 Å². The Balaban J connectivity index is 2.40. The number of hydrogen-bond acceptors (Lipinski definition) is 2. The second-order valence-electron chi connectivity index (χ2n) is 5.82. The molecule has 0 saturated heterocycles. The lowest BCUT2D eigenvalue weighted by molar-refractivity contribution is 0.189. The monoisotopic (exact) mass is 289 g/mol. The predicted molar refractivity (Wildman–Crippen MR) is 87.2 cm³/mol. The van der Waals surface area contributed by atoms with Gasteiger partial charge in [-0.05, 0) is 43.4 Å². The second kappa shape index (κ2) is 7.39. The van der Waals surface area contributed by atoms with Gasteiger partial charge in [0.25, 0.3) is 0 Å².